The summed E-state index contributed by atoms with van der Waals surface area (Å²) < 4.78 is 5.28. The third kappa shape index (κ3) is 6.71. The zero-order valence-corrected chi connectivity index (χ0v) is 19.6. The van der Waals surface area contributed by atoms with Gasteiger partial charge in [-0.25, -0.2) is 4.79 Å². The van der Waals surface area contributed by atoms with Gasteiger partial charge >= 0.3 is 6.03 Å². The van der Waals surface area contributed by atoms with Crippen LogP contribution < -0.4 is 20.7 Å². The van der Waals surface area contributed by atoms with Crippen LogP contribution in [0, 0.1) is 5.92 Å². The van der Waals surface area contributed by atoms with E-state index in [0.717, 1.165) is 0 Å². The van der Waals surface area contributed by atoms with Crippen LogP contribution in [0.25, 0.3) is 0 Å². The van der Waals surface area contributed by atoms with Crippen LogP contribution in [0.4, 0.5) is 16.2 Å². The smallest absolute Gasteiger partial charge is 0.321 e. The average molecular weight is 453 g/mol. The van der Waals surface area contributed by atoms with Crippen molar-refractivity contribution in [2.24, 2.45) is 5.92 Å². The van der Waals surface area contributed by atoms with E-state index in [-0.39, 0.29) is 29.3 Å². The van der Waals surface area contributed by atoms with E-state index in [1.807, 2.05) is 32.9 Å². The molecule has 1 fully saturated rings. The Bertz CT molecular complexity index is 1010. The standard InChI is InChI=1S/C25H32N4O4/c1-25(2,3)28-23(31)18-8-7-9-19(16-18)26-24(32)29-14-12-17(13-15-29)22(30)27-20-10-5-6-11-21(20)33-4/h5-11,16-17H,12-15H2,1-4H3,(H,26,32)(H,27,30)(H,28,31). The first-order valence-corrected chi connectivity index (χ1v) is 11.1. The Morgan fingerprint density at radius 2 is 1.67 bits per heavy atom. The number of carbonyl (C=O) groups is 3. The highest BCUT2D eigenvalue weighted by molar-refractivity contribution is 5.97. The third-order valence-corrected chi connectivity index (χ3v) is 5.38. The normalized spacial score (nSPS) is 14.4. The molecule has 2 aromatic carbocycles. The number of hydrogen-bond donors (Lipinski definition) is 3. The lowest BCUT2D eigenvalue weighted by Gasteiger charge is -2.31. The molecule has 0 bridgehead atoms. The molecule has 0 unspecified atom stereocenters. The molecule has 4 amide bonds. The number of methoxy groups -OCH3 is 1. The van der Waals surface area contributed by atoms with Crippen LogP contribution >= 0.6 is 0 Å². The van der Waals surface area contributed by atoms with E-state index in [4.69, 9.17) is 4.74 Å². The zero-order chi connectivity index (χ0) is 24.0. The lowest BCUT2D eigenvalue weighted by molar-refractivity contribution is -0.121. The molecule has 3 N–H and O–H groups in total. The molecule has 0 saturated carbocycles. The molecule has 8 heteroatoms. The van der Waals surface area contributed by atoms with Crippen LogP contribution in [-0.4, -0.2) is 48.5 Å². The molecule has 176 valence electrons. The molecule has 0 radical (unpaired) electrons. The van der Waals surface area contributed by atoms with Crippen molar-refractivity contribution in [1.82, 2.24) is 10.2 Å². The molecule has 1 aliphatic heterocycles. The Kier molecular flexibility index (Phi) is 7.58. The molecule has 0 aromatic heterocycles. The molecule has 1 aliphatic rings. The van der Waals surface area contributed by atoms with E-state index in [1.54, 1.807) is 48.4 Å². The molecule has 1 heterocycles. The Morgan fingerprint density at radius 3 is 2.33 bits per heavy atom. The summed E-state index contributed by atoms with van der Waals surface area (Å²) in [5, 5.41) is 8.70. The van der Waals surface area contributed by atoms with Crippen molar-refractivity contribution >= 4 is 29.2 Å². The summed E-state index contributed by atoms with van der Waals surface area (Å²) in [4.78, 5) is 39.5. The molecular formula is C25H32N4O4. The average Bonchev–Trinajstić information content (AvgIpc) is 2.78. The number of piperidine rings is 1. The van der Waals surface area contributed by atoms with Crippen molar-refractivity contribution in [2.75, 3.05) is 30.8 Å². The van der Waals surface area contributed by atoms with Crippen LogP contribution in [-0.2, 0) is 4.79 Å². The first-order valence-electron chi connectivity index (χ1n) is 11.1. The maximum atomic E-state index is 12.7. The van der Waals surface area contributed by atoms with Gasteiger partial charge in [0.1, 0.15) is 5.75 Å². The van der Waals surface area contributed by atoms with E-state index >= 15 is 0 Å². The second-order valence-electron chi connectivity index (χ2n) is 9.17. The molecule has 0 atom stereocenters. The van der Waals surface area contributed by atoms with Crippen LogP contribution in [0.2, 0.25) is 0 Å². The van der Waals surface area contributed by atoms with Gasteiger partial charge in [-0.2, -0.15) is 0 Å². The second-order valence-corrected chi connectivity index (χ2v) is 9.17. The topological polar surface area (TPSA) is 99.8 Å². The van der Waals surface area contributed by atoms with Gasteiger partial charge in [-0.15, -0.1) is 0 Å². The third-order valence-electron chi connectivity index (χ3n) is 5.38. The van der Waals surface area contributed by atoms with Gasteiger partial charge in [-0.1, -0.05) is 18.2 Å². The fourth-order valence-electron chi connectivity index (χ4n) is 3.68. The van der Waals surface area contributed by atoms with E-state index in [1.165, 1.54) is 0 Å². The highest BCUT2D eigenvalue weighted by Crippen LogP contribution is 2.26. The van der Waals surface area contributed by atoms with Crippen molar-refractivity contribution in [3.05, 3.63) is 54.1 Å². The highest BCUT2D eigenvalue weighted by Gasteiger charge is 2.28. The number of hydrogen-bond acceptors (Lipinski definition) is 4. The van der Waals surface area contributed by atoms with Gasteiger partial charge in [-0.3, -0.25) is 9.59 Å². The molecule has 8 nitrogen and oxygen atoms in total. The summed E-state index contributed by atoms with van der Waals surface area (Å²) in [5.74, 6) is 0.169. The fraction of sp³-hybridized carbons (Fsp3) is 0.400. The van der Waals surface area contributed by atoms with Crippen LogP contribution in [0.5, 0.6) is 5.75 Å². The van der Waals surface area contributed by atoms with Gasteiger partial charge in [0.15, 0.2) is 0 Å². The lowest BCUT2D eigenvalue weighted by atomic mass is 9.96. The Balaban J connectivity index is 1.53. The second kappa shape index (κ2) is 10.4. The van der Waals surface area contributed by atoms with E-state index in [0.29, 0.717) is 48.6 Å². The monoisotopic (exact) mass is 452 g/mol. The van der Waals surface area contributed by atoms with Gasteiger partial charge in [0.05, 0.1) is 12.8 Å². The quantitative estimate of drug-likeness (QED) is 0.636. The lowest BCUT2D eigenvalue weighted by Crippen LogP contribution is -2.43. The summed E-state index contributed by atoms with van der Waals surface area (Å²) in [6, 6.07) is 13.9. The van der Waals surface area contributed by atoms with Crippen molar-refractivity contribution in [1.29, 1.82) is 0 Å². The zero-order valence-electron chi connectivity index (χ0n) is 19.6. The Morgan fingerprint density at radius 1 is 0.970 bits per heavy atom. The number of para-hydroxylation sites is 2. The fourth-order valence-corrected chi connectivity index (χ4v) is 3.68. The first-order chi connectivity index (χ1) is 15.7. The van der Waals surface area contributed by atoms with Crippen LogP contribution in [0.3, 0.4) is 0 Å². The molecule has 1 saturated heterocycles. The van der Waals surface area contributed by atoms with Crippen LogP contribution in [0.15, 0.2) is 48.5 Å². The van der Waals surface area contributed by atoms with Crippen molar-refractivity contribution in [3.8, 4) is 5.75 Å². The molecular weight excluding hydrogens is 420 g/mol. The number of urea groups is 1. The predicted octanol–water partition coefficient (Wildman–Crippen LogP) is 4.11. The summed E-state index contributed by atoms with van der Waals surface area (Å²) in [6.07, 6.45) is 1.14. The minimum absolute atomic E-state index is 0.0721. The largest absolute Gasteiger partial charge is 0.495 e. The maximum Gasteiger partial charge on any atom is 0.321 e. The first kappa shape index (κ1) is 24.1. The minimum atomic E-state index is -0.349. The molecule has 2 aromatic rings. The molecule has 0 spiro atoms. The van der Waals surface area contributed by atoms with E-state index in [2.05, 4.69) is 16.0 Å². The number of amides is 4. The molecule has 33 heavy (non-hydrogen) atoms. The summed E-state index contributed by atoms with van der Waals surface area (Å²) in [5.41, 5.74) is 1.33. The SMILES string of the molecule is COc1ccccc1NC(=O)C1CCN(C(=O)Nc2cccc(C(=O)NC(C)(C)C)c2)CC1. The number of anilines is 2. The van der Waals surface area contributed by atoms with Crippen molar-refractivity contribution in [2.45, 2.75) is 39.2 Å². The van der Waals surface area contributed by atoms with E-state index in [9.17, 15) is 14.4 Å². The Hall–Kier alpha value is -3.55. The summed E-state index contributed by atoms with van der Waals surface area (Å²) in [6.45, 7) is 6.68. The number of likely N-dealkylation sites (tertiary alicyclic amines) is 1. The number of nitrogens with zero attached hydrogens (tertiary/aromatic N) is 1. The number of benzene rings is 2. The van der Waals surface area contributed by atoms with Gasteiger partial charge in [0.25, 0.3) is 5.91 Å². The van der Waals surface area contributed by atoms with Crippen molar-refractivity contribution in [3.63, 3.8) is 0 Å². The number of carbonyl (C=O) groups excluding carboxylic acids is 3. The molecule has 0 aliphatic carbocycles. The van der Waals surface area contributed by atoms with Crippen molar-refractivity contribution < 1.29 is 19.1 Å². The predicted molar refractivity (Wildman–Crippen MR) is 129 cm³/mol. The van der Waals surface area contributed by atoms with Gasteiger partial charge in [-0.05, 0) is 63.9 Å². The van der Waals surface area contributed by atoms with Gasteiger partial charge < -0.3 is 25.6 Å². The maximum absolute atomic E-state index is 12.7. The minimum Gasteiger partial charge on any atom is -0.495 e. The molecule has 3 rings (SSSR count). The number of ether oxygens (including phenoxy) is 1. The Labute approximate surface area is 194 Å². The van der Waals surface area contributed by atoms with Crippen LogP contribution in [0.1, 0.15) is 44.0 Å². The highest BCUT2D eigenvalue weighted by atomic mass is 16.5. The van der Waals surface area contributed by atoms with Gasteiger partial charge in [0.2, 0.25) is 5.91 Å². The number of rotatable bonds is 5. The van der Waals surface area contributed by atoms with Gasteiger partial charge in [0, 0.05) is 35.8 Å². The van der Waals surface area contributed by atoms with E-state index < -0.39 is 0 Å². The summed E-state index contributed by atoms with van der Waals surface area (Å²) in [7, 11) is 1.56. The number of nitrogens with one attached hydrogen (secondary N) is 3. The summed E-state index contributed by atoms with van der Waals surface area (Å²) >= 11 is 0.